The Morgan fingerprint density at radius 3 is 1.68 bits per heavy atom. The van der Waals surface area contributed by atoms with Crippen molar-refractivity contribution in [1.29, 1.82) is 0 Å². The van der Waals surface area contributed by atoms with Crippen LogP contribution in [0.25, 0.3) is 0 Å². The maximum Gasteiger partial charge on any atom is 0.397 e. The molecule has 3 N–H and O–H groups in total. The molecule has 0 radical (unpaired) electrons. The number of unbranched alkanes of at least 4 members (excludes halogenated alkanes) is 14. The Morgan fingerprint density at radius 2 is 1.32 bits per heavy atom. The summed E-state index contributed by atoms with van der Waals surface area (Å²) in [4.78, 5) is 4.82. The van der Waals surface area contributed by atoms with Crippen LogP contribution in [0.15, 0.2) is 4.99 Å². The summed E-state index contributed by atoms with van der Waals surface area (Å²) in [5.74, 6) is 1.44. The van der Waals surface area contributed by atoms with Crippen molar-refractivity contribution in [1.82, 2.24) is 0 Å². The Morgan fingerprint density at radius 1 is 0.853 bits per heavy atom. The van der Waals surface area contributed by atoms with Gasteiger partial charge in [-0.05, 0) is 20.3 Å². The highest BCUT2D eigenvalue weighted by Gasteiger charge is 2.35. The molecule has 0 saturated carbocycles. The van der Waals surface area contributed by atoms with Gasteiger partial charge in [0, 0.05) is 13.0 Å². The lowest BCUT2D eigenvalue weighted by Gasteiger charge is -2.33. The highest BCUT2D eigenvalue weighted by atomic mass is 32.3. The minimum Gasteiger partial charge on any atom is -0.326 e. The van der Waals surface area contributed by atoms with Gasteiger partial charge in [-0.3, -0.25) is 9.04 Å². The molecular weight excluding hydrogens is 450 g/mol. The summed E-state index contributed by atoms with van der Waals surface area (Å²) in [5, 5.41) is 0. The zero-order valence-electron chi connectivity index (χ0n) is 22.6. The first-order chi connectivity index (χ1) is 16.3. The van der Waals surface area contributed by atoms with E-state index >= 15 is 0 Å². The maximum absolute atomic E-state index is 9.56. The van der Waals surface area contributed by atoms with E-state index in [1.807, 2.05) is 0 Å². The minimum atomic E-state index is -4.17. The molecule has 1 heterocycles. The lowest BCUT2D eigenvalue weighted by molar-refractivity contribution is -0.833. The van der Waals surface area contributed by atoms with E-state index in [4.69, 9.17) is 15.3 Å². The monoisotopic (exact) mass is 506 g/mol. The summed E-state index contributed by atoms with van der Waals surface area (Å²) in [6.45, 7) is 11.2. The van der Waals surface area contributed by atoms with Crippen LogP contribution in [-0.4, -0.2) is 62.6 Å². The number of aliphatic imine (C=N–C) groups is 1. The molecule has 1 atom stereocenters. The third-order valence-corrected chi connectivity index (χ3v) is 7.34. The molecule has 0 aromatic rings. The van der Waals surface area contributed by atoms with Gasteiger partial charge in [-0.25, -0.2) is 9.18 Å². The average molecular weight is 507 g/mol. The van der Waals surface area contributed by atoms with E-state index in [9.17, 15) is 8.42 Å². The molecule has 0 saturated heterocycles. The van der Waals surface area contributed by atoms with Gasteiger partial charge in [-0.2, -0.15) is 8.42 Å². The number of nitrogens with zero attached hydrogens (tertiary/aromatic N) is 2. The van der Waals surface area contributed by atoms with Crippen molar-refractivity contribution in [2.45, 2.75) is 124 Å². The van der Waals surface area contributed by atoms with Crippen LogP contribution in [0.3, 0.4) is 0 Å². The number of rotatable bonds is 21. The molecular formula is C26H56N3O4S+. The first kappa shape index (κ1) is 33.5. The summed E-state index contributed by atoms with van der Waals surface area (Å²) in [7, 11) is -4.17. The largest absolute Gasteiger partial charge is 0.397 e. The quantitative estimate of drug-likeness (QED) is 0.108. The summed E-state index contributed by atoms with van der Waals surface area (Å²) in [6.07, 6.45) is 22.7. The van der Waals surface area contributed by atoms with Crippen molar-refractivity contribution < 1.29 is 21.6 Å². The Kier molecular flexibility index (Phi) is 21.4. The van der Waals surface area contributed by atoms with Crippen LogP contribution in [0.4, 0.5) is 0 Å². The first-order valence-corrected chi connectivity index (χ1v) is 15.4. The molecule has 1 aliphatic heterocycles. The molecule has 0 aliphatic carbocycles. The average Bonchev–Trinajstić information content (AvgIpc) is 3.19. The topological polar surface area (TPSA) is 102 Å². The molecule has 34 heavy (non-hydrogen) atoms. The van der Waals surface area contributed by atoms with Gasteiger partial charge >= 0.3 is 10.4 Å². The van der Waals surface area contributed by atoms with Gasteiger partial charge in [0.15, 0.2) is 5.84 Å². The number of hydrogen-bond acceptors (Lipinski definition) is 5. The van der Waals surface area contributed by atoms with E-state index in [0.717, 1.165) is 30.7 Å². The van der Waals surface area contributed by atoms with Crippen LogP contribution < -0.4 is 5.73 Å². The number of hydrogen-bond donors (Lipinski definition) is 2. The third kappa shape index (κ3) is 17.8. The fraction of sp³-hybridized carbons (Fsp3) is 0.962. The Hall–Kier alpha value is -0.540. The number of amidine groups is 1. The second kappa shape index (κ2) is 21.7. The normalized spacial score (nSPS) is 18.0. The minimum absolute atomic E-state index is 0.0289. The van der Waals surface area contributed by atoms with E-state index in [1.54, 1.807) is 0 Å². The van der Waals surface area contributed by atoms with Crippen LogP contribution in [0.2, 0.25) is 0 Å². The number of likely N-dealkylation sites (N-methyl/N-ethyl adjacent to an activating group) is 1. The van der Waals surface area contributed by atoms with Gasteiger partial charge in [0.05, 0.1) is 26.2 Å². The molecule has 1 aliphatic rings. The van der Waals surface area contributed by atoms with Crippen molar-refractivity contribution in [2.75, 3.05) is 39.3 Å². The molecule has 0 aromatic heterocycles. The molecule has 0 fully saturated rings. The van der Waals surface area contributed by atoms with E-state index in [1.165, 1.54) is 122 Å². The number of quaternary nitrogens is 1. The van der Waals surface area contributed by atoms with Gasteiger partial charge in [-0.15, -0.1) is 0 Å². The molecule has 0 spiro atoms. The Labute approximate surface area is 211 Å². The fourth-order valence-corrected chi connectivity index (χ4v) is 5.05. The zero-order valence-corrected chi connectivity index (χ0v) is 23.4. The Balaban J connectivity index is 0.00000135. The Bertz CT molecular complexity index is 599. The van der Waals surface area contributed by atoms with Crippen molar-refractivity contribution in [3.63, 3.8) is 0 Å². The van der Waals surface area contributed by atoms with E-state index in [2.05, 4.69) is 18.0 Å². The molecule has 0 aromatic carbocycles. The molecule has 1 rings (SSSR count). The lowest BCUT2D eigenvalue weighted by atomic mass is 10.0. The molecule has 7 nitrogen and oxygen atoms in total. The predicted octanol–water partition coefficient (Wildman–Crippen LogP) is 6.28. The van der Waals surface area contributed by atoms with Gasteiger partial charge in [-0.1, -0.05) is 96.8 Å². The summed E-state index contributed by atoms with van der Waals surface area (Å²) >= 11 is 0. The third-order valence-electron chi connectivity index (χ3n) is 6.80. The van der Waals surface area contributed by atoms with Gasteiger partial charge in [0.2, 0.25) is 0 Å². The molecule has 1 unspecified atom stereocenters. The van der Waals surface area contributed by atoms with Gasteiger partial charge in [0.25, 0.3) is 0 Å². The highest BCUT2D eigenvalue weighted by molar-refractivity contribution is 7.80. The predicted molar refractivity (Wildman–Crippen MR) is 145 cm³/mol. The van der Waals surface area contributed by atoms with Crippen molar-refractivity contribution >= 4 is 16.2 Å². The van der Waals surface area contributed by atoms with Crippen LogP contribution >= 0.6 is 0 Å². The van der Waals surface area contributed by atoms with Crippen LogP contribution in [0, 0.1) is 0 Å². The fourth-order valence-electron chi connectivity index (χ4n) is 4.76. The molecule has 0 amide bonds. The van der Waals surface area contributed by atoms with Gasteiger partial charge in [0.1, 0.15) is 6.54 Å². The second-order valence-electron chi connectivity index (χ2n) is 9.53. The molecule has 0 bridgehead atoms. The SMILES string of the molecule is CCCCCCCCCCCCCCCCCC1=NCC[N+]1(CC)CCN.CCOS(=O)(=O)O. The standard InChI is InChI=1S/C24H50N3.C2H6O4S/c1-3-5-6-7-8-9-10-11-12-13-14-15-16-17-18-19-24-26-21-23-27(24,4-2)22-20-25;1-2-6-7(3,4)5/h3-23,25H2,1-2H3;2H2,1H3,(H,3,4,5)/q+1;. The van der Waals surface area contributed by atoms with E-state index in [-0.39, 0.29) is 6.61 Å². The zero-order chi connectivity index (χ0) is 25.5. The highest BCUT2D eigenvalue weighted by Crippen LogP contribution is 2.20. The smallest absolute Gasteiger partial charge is 0.326 e. The van der Waals surface area contributed by atoms with Crippen molar-refractivity contribution in [3.05, 3.63) is 0 Å². The first-order valence-electron chi connectivity index (χ1n) is 14.1. The van der Waals surface area contributed by atoms with Crippen LogP contribution in [0.1, 0.15) is 124 Å². The molecule has 8 heteroatoms. The van der Waals surface area contributed by atoms with Crippen molar-refractivity contribution in [2.24, 2.45) is 10.7 Å². The molecule has 204 valence electrons. The van der Waals surface area contributed by atoms with Crippen LogP contribution in [0.5, 0.6) is 0 Å². The maximum atomic E-state index is 9.56. The summed E-state index contributed by atoms with van der Waals surface area (Å²) in [5.41, 5.74) is 5.85. The van der Waals surface area contributed by atoms with E-state index < -0.39 is 10.4 Å². The van der Waals surface area contributed by atoms with Gasteiger partial charge < -0.3 is 5.73 Å². The van der Waals surface area contributed by atoms with Crippen LogP contribution in [-0.2, 0) is 14.6 Å². The second-order valence-corrected chi connectivity index (χ2v) is 10.6. The van der Waals surface area contributed by atoms with E-state index in [0.29, 0.717) is 0 Å². The lowest BCUT2D eigenvalue weighted by Crippen LogP contribution is -2.53. The summed E-state index contributed by atoms with van der Waals surface area (Å²) < 4.78 is 31.7. The summed E-state index contributed by atoms with van der Waals surface area (Å²) in [6, 6.07) is 0. The number of nitrogens with two attached hydrogens (primary N) is 1. The van der Waals surface area contributed by atoms with Crippen molar-refractivity contribution in [3.8, 4) is 0 Å².